The first-order valence-corrected chi connectivity index (χ1v) is 7.20. The van der Waals surface area contributed by atoms with Gasteiger partial charge in [0.2, 0.25) is 5.91 Å². The first-order chi connectivity index (χ1) is 9.49. The Hall–Kier alpha value is -1.56. The molecule has 2 heterocycles. The Kier molecular flexibility index (Phi) is 4.65. The lowest BCUT2D eigenvalue weighted by Gasteiger charge is -2.37. The number of carbonyl (C=O) groups excluding carboxylic acids is 2. The second-order valence-electron chi connectivity index (χ2n) is 5.75. The molecule has 0 bridgehead atoms. The van der Waals surface area contributed by atoms with Crippen molar-refractivity contribution in [2.24, 2.45) is 5.73 Å². The van der Waals surface area contributed by atoms with Crippen molar-refractivity contribution in [3.05, 3.63) is 12.2 Å². The van der Waals surface area contributed by atoms with Crippen molar-refractivity contribution in [2.45, 2.75) is 25.8 Å². The van der Waals surface area contributed by atoms with E-state index in [4.69, 9.17) is 5.73 Å². The number of urea groups is 1. The molecule has 0 unspecified atom stereocenters. The molecule has 20 heavy (non-hydrogen) atoms. The summed E-state index contributed by atoms with van der Waals surface area (Å²) in [7, 11) is 0. The fourth-order valence-corrected chi connectivity index (χ4v) is 3.01. The second-order valence-corrected chi connectivity index (χ2v) is 5.75. The van der Waals surface area contributed by atoms with Crippen LogP contribution in [-0.4, -0.2) is 71.9 Å². The van der Waals surface area contributed by atoms with Crippen molar-refractivity contribution in [3.63, 3.8) is 0 Å². The standard InChI is InChI=1S/C14H24N4O2/c1-11(2)10-16-6-8-17(9-7-16)13(19)12-4-3-5-18(12)14(15)20/h12H,1,3-10H2,2H3,(H2,15,20)/t12-/m0/s1. The van der Waals surface area contributed by atoms with Gasteiger partial charge in [0.05, 0.1) is 0 Å². The molecule has 2 fully saturated rings. The number of amides is 3. The van der Waals surface area contributed by atoms with Gasteiger partial charge in [0, 0.05) is 39.3 Å². The van der Waals surface area contributed by atoms with Crippen LogP contribution >= 0.6 is 0 Å². The van der Waals surface area contributed by atoms with Crippen LogP contribution in [0, 0.1) is 0 Å². The summed E-state index contributed by atoms with van der Waals surface area (Å²) in [6, 6.07) is -0.832. The van der Waals surface area contributed by atoms with Gasteiger partial charge in [-0.2, -0.15) is 0 Å². The zero-order valence-electron chi connectivity index (χ0n) is 12.2. The van der Waals surface area contributed by atoms with Crippen LogP contribution in [0.2, 0.25) is 0 Å². The molecule has 2 aliphatic heterocycles. The van der Waals surface area contributed by atoms with E-state index in [9.17, 15) is 9.59 Å². The zero-order chi connectivity index (χ0) is 14.7. The van der Waals surface area contributed by atoms with Crippen molar-refractivity contribution in [2.75, 3.05) is 39.3 Å². The Morgan fingerprint density at radius 3 is 2.40 bits per heavy atom. The molecule has 6 nitrogen and oxygen atoms in total. The highest BCUT2D eigenvalue weighted by atomic mass is 16.2. The predicted molar refractivity (Wildman–Crippen MR) is 77.1 cm³/mol. The van der Waals surface area contributed by atoms with Gasteiger partial charge < -0.3 is 15.5 Å². The van der Waals surface area contributed by atoms with E-state index in [1.807, 2.05) is 11.8 Å². The lowest BCUT2D eigenvalue weighted by molar-refractivity contribution is -0.136. The van der Waals surface area contributed by atoms with E-state index in [-0.39, 0.29) is 11.9 Å². The van der Waals surface area contributed by atoms with Crippen molar-refractivity contribution in [1.82, 2.24) is 14.7 Å². The van der Waals surface area contributed by atoms with Gasteiger partial charge in [-0.3, -0.25) is 9.69 Å². The topological polar surface area (TPSA) is 69.9 Å². The van der Waals surface area contributed by atoms with Crippen LogP contribution in [0.3, 0.4) is 0 Å². The number of piperazine rings is 1. The Labute approximate surface area is 120 Å². The number of nitrogens with two attached hydrogens (primary N) is 1. The van der Waals surface area contributed by atoms with Crippen molar-refractivity contribution in [3.8, 4) is 0 Å². The van der Waals surface area contributed by atoms with E-state index >= 15 is 0 Å². The summed E-state index contributed by atoms with van der Waals surface area (Å²) in [5, 5.41) is 0. The quantitative estimate of drug-likeness (QED) is 0.753. The average Bonchev–Trinajstić information content (AvgIpc) is 2.87. The van der Waals surface area contributed by atoms with Gasteiger partial charge in [-0.15, -0.1) is 0 Å². The number of nitrogens with zero attached hydrogens (tertiary/aromatic N) is 3. The van der Waals surface area contributed by atoms with Crippen LogP contribution in [0.1, 0.15) is 19.8 Å². The molecule has 2 N–H and O–H groups in total. The van der Waals surface area contributed by atoms with Crippen LogP contribution in [0.5, 0.6) is 0 Å². The van der Waals surface area contributed by atoms with Gasteiger partial charge in [0.25, 0.3) is 0 Å². The minimum absolute atomic E-state index is 0.0521. The summed E-state index contributed by atoms with van der Waals surface area (Å²) in [4.78, 5) is 29.5. The maximum absolute atomic E-state index is 12.5. The number of likely N-dealkylation sites (tertiary alicyclic amines) is 1. The van der Waals surface area contributed by atoms with Gasteiger partial charge in [0.15, 0.2) is 0 Å². The highest BCUT2D eigenvalue weighted by Crippen LogP contribution is 2.19. The van der Waals surface area contributed by atoms with Crippen LogP contribution in [0.25, 0.3) is 0 Å². The zero-order valence-corrected chi connectivity index (χ0v) is 12.2. The van der Waals surface area contributed by atoms with Crippen LogP contribution < -0.4 is 5.73 Å². The molecule has 0 aliphatic carbocycles. The Morgan fingerprint density at radius 2 is 1.85 bits per heavy atom. The third kappa shape index (κ3) is 3.30. The molecule has 0 aromatic heterocycles. The number of hydrogen-bond donors (Lipinski definition) is 1. The van der Waals surface area contributed by atoms with Gasteiger partial charge in [-0.1, -0.05) is 12.2 Å². The SMILES string of the molecule is C=C(C)CN1CCN(C(=O)[C@@H]2CCCN2C(N)=O)CC1. The summed E-state index contributed by atoms with van der Waals surface area (Å²) in [6.07, 6.45) is 1.59. The van der Waals surface area contributed by atoms with E-state index in [1.165, 1.54) is 4.90 Å². The molecule has 0 radical (unpaired) electrons. The summed E-state index contributed by atoms with van der Waals surface area (Å²) in [5.74, 6) is 0.0521. The largest absolute Gasteiger partial charge is 0.351 e. The molecule has 0 aromatic carbocycles. The molecule has 6 heteroatoms. The Morgan fingerprint density at radius 1 is 1.20 bits per heavy atom. The van der Waals surface area contributed by atoms with Crippen molar-refractivity contribution in [1.29, 1.82) is 0 Å². The third-order valence-corrected chi connectivity index (χ3v) is 4.00. The van der Waals surface area contributed by atoms with E-state index < -0.39 is 6.03 Å². The highest BCUT2D eigenvalue weighted by molar-refractivity contribution is 5.87. The molecule has 0 aromatic rings. The van der Waals surface area contributed by atoms with E-state index in [0.717, 1.165) is 51.1 Å². The predicted octanol–water partition coefficient (Wildman–Crippen LogP) is 0.250. The van der Waals surface area contributed by atoms with E-state index in [1.54, 1.807) is 0 Å². The minimum atomic E-state index is -0.484. The first-order valence-electron chi connectivity index (χ1n) is 7.20. The Balaban J connectivity index is 1.88. The van der Waals surface area contributed by atoms with Crippen LogP contribution in [0.15, 0.2) is 12.2 Å². The molecular weight excluding hydrogens is 256 g/mol. The molecule has 2 rings (SSSR count). The summed E-state index contributed by atoms with van der Waals surface area (Å²) >= 11 is 0. The molecule has 3 amide bonds. The van der Waals surface area contributed by atoms with E-state index in [2.05, 4.69) is 11.5 Å². The molecule has 0 saturated carbocycles. The van der Waals surface area contributed by atoms with Gasteiger partial charge in [0.1, 0.15) is 6.04 Å². The Bertz CT molecular complexity index is 402. The molecule has 2 aliphatic rings. The summed E-state index contributed by atoms with van der Waals surface area (Å²) in [6.45, 7) is 10.6. The molecule has 0 spiro atoms. The maximum Gasteiger partial charge on any atom is 0.315 e. The second kappa shape index (κ2) is 6.26. The lowest BCUT2D eigenvalue weighted by Crippen LogP contribution is -2.55. The van der Waals surface area contributed by atoms with Crippen LogP contribution in [0.4, 0.5) is 4.79 Å². The summed E-state index contributed by atoms with van der Waals surface area (Å²) in [5.41, 5.74) is 6.47. The van der Waals surface area contributed by atoms with Gasteiger partial charge in [-0.25, -0.2) is 4.79 Å². The molecule has 2 saturated heterocycles. The number of rotatable bonds is 3. The lowest BCUT2D eigenvalue weighted by atomic mass is 10.1. The normalized spacial score (nSPS) is 23.9. The number of carbonyl (C=O) groups is 2. The monoisotopic (exact) mass is 280 g/mol. The fraction of sp³-hybridized carbons (Fsp3) is 0.714. The number of primary amides is 1. The molecule has 112 valence electrons. The summed E-state index contributed by atoms with van der Waals surface area (Å²) < 4.78 is 0. The molecular formula is C14H24N4O2. The van der Waals surface area contributed by atoms with Crippen LogP contribution in [-0.2, 0) is 4.79 Å². The third-order valence-electron chi connectivity index (χ3n) is 4.00. The fourth-order valence-electron chi connectivity index (χ4n) is 3.01. The molecule has 1 atom stereocenters. The minimum Gasteiger partial charge on any atom is -0.351 e. The van der Waals surface area contributed by atoms with Gasteiger partial charge >= 0.3 is 6.03 Å². The number of hydrogen-bond acceptors (Lipinski definition) is 3. The van der Waals surface area contributed by atoms with Crippen molar-refractivity contribution >= 4 is 11.9 Å². The first kappa shape index (κ1) is 14.8. The maximum atomic E-state index is 12.5. The smallest absolute Gasteiger partial charge is 0.315 e. The van der Waals surface area contributed by atoms with Gasteiger partial charge in [-0.05, 0) is 19.8 Å². The highest BCUT2D eigenvalue weighted by Gasteiger charge is 2.36. The van der Waals surface area contributed by atoms with Crippen molar-refractivity contribution < 1.29 is 9.59 Å². The van der Waals surface area contributed by atoms with E-state index in [0.29, 0.717) is 6.54 Å². The average molecular weight is 280 g/mol.